The summed E-state index contributed by atoms with van der Waals surface area (Å²) >= 11 is 0. The molecule has 0 radical (unpaired) electrons. The number of benzene rings is 2. The molecule has 28 heavy (non-hydrogen) atoms. The van der Waals surface area contributed by atoms with Crippen molar-refractivity contribution in [3.8, 4) is 11.5 Å². The first-order chi connectivity index (χ1) is 13.6. The van der Waals surface area contributed by atoms with Gasteiger partial charge in [0, 0.05) is 23.1 Å². The number of aromatic nitrogens is 1. The third-order valence-corrected chi connectivity index (χ3v) is 5.54. The van der Waals surface area contributed by atoms with Crippen molar-refractivity contribution < 1.29 is 9.47 Å². The van der Waals surface area contributed by atoms with Crippen LogP contribution in [0, 0.1) is 0 Å². The summed E-state index contributed by atoms with van der Waals surface area (Å²) in [7, 11) is 0. The van der Waals surface area contributed by atoms with E-state index in [0.717, 1.165) is 24.5 Å². The maximum Gasteiger partial charge on any atom is 0.120 e. The van der Waals surface area contributed by atoms with Crippen LogP contribution >= 0.6 is 0 Å². The number of aromatic amines is 1. The van der Waals surface area contributed by atoms with Crippen molar-refractivity contribution >= 4 is 10.9 Å². The lowest BCUT2D eigenvalue weighted by Crippen LogP contribution is -2.31. The lowest BCUT2D eigenvalue weighted by atomic mass is 9.87. The van der Waals surface area contributed by atoms with Crippen LogP contribution in [0.1, 0.15) is 62.0 Å². The van der Waals surface area contributed by atoms with Gasteiger partial charge >= 0.3 is 0 Å². The summed E-state index contributed by atoms with van der Waals surface area (Å²) in [6, 6.07) is 13.1. The quantitative estimate of drug-likeness (QED) is 0.610. The minimum absolute atomic E-state index is 0.166. The van der Waals surface area contributed by atoms with Crippen molar-refractivity contribution in [1.29, 1.82) is 0 Å². The fourth-order valence-corrected chi connectivity index (χ4v) is 4.30. The van der Waals surface area contributed by atoms with Gasteiger partial charge in [0.1, 0.15) is 11.5 Å². The number of ether oxygens (including phenoxy) is 2. The first kappa shape index (κ1) is 18.9. The Morgan fingerprint density at radius 1 is 1.00 bits per heavy atom. The molecule has 0 fully saturated rings. The zero-order chi connectivity index (χ0) is 19.7. The highest BCUT2D eigenvalue weighted by molar-refractivity contribution is 5.86. The first-order valence-corrected chi connectivity index (χ1v) is 10.4. The third kappa shape index (κ3) is 3.37. The maximum atomic E-state index is 5.75. The molecule has 4 nitrogen and oxygen atoms in total. The molecule has 3 aromatic rings. The summed E-state index contributed by atoms with van der Waals surface area (Å²) in [5.74, 6) is 2.32. The molecular formula is C24H30N2O2. The van der Waals surface area contributed by atoms with Crippen LogP contribution in [0.15, 0.2) is 36.4 Å². The Bertz CT molecular complexity index is 974. The molecule has 0 saturated carbocycles. The molecule has 2 aromatic carbocycles. The Hall–Kier alpha value is -2.46. The summed E-state index contributed by atoms with van der Waals surface area (Å²) < 4.78 is 11.5. The molecule has 1 aromatic heterocycles. The number of rotatable bonds is 6. The zero-order valence-electron chi connectivity index (χ0n) is 17.3. The number of hydrogen-bond donors (Lipinski definition) is 2. The van der Waals surface area contributed by atoms with Gasteiger partial charge in [0.15, 0.2) is 0 Å². The summed E-state index contributed by atoms with van der Waals surface area (Å²) in [6.45, 7) is 10.9. The van der Waals surface area contributed by atoms with E-state index in [0.29, 0.717) is 19.1 Å². The minimum atomic E-state index is 0.166. The minimum Gasteiger partial charge on any atom is -0.494 e. The fraction of sp³-hybridized carbons (Fsp3) is 0.417. The van der Waals surface area contributed by atoms with Crippen LogP contribution in [0.2, 0.25) is 0 Å². The van der Waals surface area contributed by atoms with E-state index < -0.39 is 0 Å². The number of fused-ring (bicyclic) bond motifs is 3. The molecular weight excluding hydrogens is 348 g/mol. The van der Waals surface area contributed by atoms with Crippen molar-refractivity contribution in [1.82, 2.24) is 10.3 Å². The molecule has 2 heterocycles. The van der Waals surface area contributed by atoms with Gasteiger partial charge in [-0.3, -0.25) is 0 Å². The summed E-state index contributed by atoms with van der Waals surface area (Å²) in [4.78, 5) is 3.69. The molecule has 1 unspecified atom stereocenters. The van der Waals surface area contributed by atoms with E-state index in [9.17, 15) is 0 Å². The Balaban J connectivity index is 1.80. The van der Waals surface area contributed by atoms with Gasteiger partial charge < -0.3 is 19.8 Å². The number of H-pyrrole nitrogens is 1. The second-order valence-corrected chi connectivity index (χ2v) is 7.67. The molecule has 0 aliphatic carbocycles. The van der Waals surface area contributed by atoms with Crippen LogP contribution in [0.25, 0.3) is 10.9 Å². The Morgan fingerprint density at radius 2 is 1.71 bits per heavy atom. The van der Waals surface area contributed by atoms with Gasteiger partial charge in [-0.25, -0.2) is 0 Å². The van der Waals surface area contributed by atoms with E-state index in [1.807, 2.05) is 19.9 Å². The van der Waals surface area contributed by atoms with Crippen LogP contribution in [0.4, 0.5) is 0 Å². The third-order valence-electron chi connectivity index (χ3n) is 5.54. The molecule has 1 aliphatic rings. The average Bonchev–Trinajstić information content (AvgIpc) is 3.07. The number of hydrogen-bond acceptors (Lipinski definition) is 3. The number of nitrogens with one attached hydrogen (secondary N) is 2. The fourth-order valence-electron chi connectivity index (χ4n) is 4.30. The molecule has 0 bridgehead atoms. The predicted molar refractivity (Wildman–Crippen MR) is 115 cm³/mol. The van der Waals surface area contributed by atoms with Crippen molar-refractivity contribution in [2.45, 2.75) is 46.1 Å². The van der Waals surface area contributed by atoms with Crippen LogP contribution in [0.3, 0.4) is 0 Å². The smallest absolute Gasteiger partial charge is 0.120 e. The van der Waals surface area contributed by atoms with Crippen LogP contribution in [-0.4, -0.2) is 24.7 Å². The van der Waals surface area contributed by atoms with Gasteiger partial charge in [0.25, 0.3) is 0 Å². The van der Waals surface area contributed by atoms with Gasteiger partial charge in [-0.1, -0.05) is 19.9 Å². The van der Waals surface area contributed by atoms with Crippen LogP contribution < -0.4 is 14.8 Å². The molecule has 0 spiro atoms. The van der Waals surface area contributed by atoms with Crippen LogP contribution in [-0.2, 0) is 6.42 Å². The summed E-state index contributed by atoms with van der Waals surface area (Å²) in [5.41, 5.74) is 6.53. The summed E-state index contributed by atoms with van der Waals surface area (Å²) in [5, 5.41) is 5.02. The van der Waals surface area contributed by atoms with E-state index >= 15 is 0 Å². The van der Waals surface area contributed by atoms with Gasteiger partial charge in [0.05, 0.1) is 19.3 Å². The standard InChI is InChI=1S/C24H30N2O2/c1-5-27-16-7-9-18(20(13-16)15(3)4)23-24-19(11-12-25-23)21-14-17(28-6-2)8-10-22(21)26-24/h7-10,13-15,23,25-26H,5-6,11-12H2,1-4H3. The topological polar surface area (TPSA) is 46.3 Å². The maximum absolute atomic E-state index is 5.75. The van der Waals surface area contributed by atoms with Gasteiger partial charge in [-0.15, -0.1) is 0 Å². The van der Waals surface area contributed by atoms with E-state index in [-0.39, 0.29) is 6.04 Å². The molecule has 0 amide bonds. The van der Waals surface area contributed by atoms with E-state index in [1.54, 1.807) is 0 Å². The second-order valence-electron chi connectivity index (χ2n) is 7.67. The normalized spacial score (nSPS) is 16.4. The van der Waals surface area contributed by atoms with Crippen molar-refractivity contribution in [3.63, 3.8) is 0 Å². The van der Waals surface area contributed by atoms with Crippen molar-refractivity contribution in [2.24, 2.45) is 0 Å². The van der Waals surface area contributed by atoms with E-state index in [4.69, 9.17) is 9.47 Å². The van der Waals surface area contributed by atoms with Crippen molar-refractivity contribution in [3.05, 3.63) is 58.8 Å². The first-order valence-electron chi connectivity index (χ1n) is 10.4. The lowest BCUT2D eigenvalue weighted by Gasteiger charge is -2.28. The highest BCUT2D eigenvalue weighted by atomic mass is 16.5. The zero-order valence-corrected chi connectivity index (χ0v) is 17.3. The largest absolute Gasteiger partial charge is 0.494 e. The molecule has 0 saturated heterocycles. The highest BCUT2D eigenvalue weighted by Crippen LogP contribution is 2.38. The molecule has 4 rings (SSSR count). The molecule has 2 N–H and O–H groups in total. The van der Waals surface area contributed by atoms with Gasteiger partial charge in [-0.05, 0) is 73.2 Å². The predicted octanol–water partition coefficient (Wildman–Crippen LogP) is 5.32. The molecule has 4 heteroatoms. The van der Waals surface area contributed by atoms with Gasteiger partial charge in [-0.2, -0.15) is 0 Å². The highest BCUT2D eigenvalue weighted by Gasteiger charge is 2.27. The van der Waals surface area contributed by atoms with Gasteiger partial charge in [0.2, 0.25) is 0 Å². The monoisotopic (exact) mass is 378 g/mol. The van der Waals surface area contributed by atoms with Crippen LogP contribution in [0.5, 0.6) is 11.5 Å². The Kier molecular flexibility index (Phi) is 5.31. The SMILES string of the molecule is CCOc1ccc(C2NCCc3c2[nH]c2ccc(OCC)cc32)c(C(C)C)c1. The second kappa shape index (κ2) is 7.88. The molecule has 1 aliphatic heterocycles. The van der Waals surface area contributed by atoms with E-state index in [1.165, 1.54) is 33.3 Å². The Labute approximate surface area is 167 Å². The average molecular weight is 379 g/mol. The Morgan fingerprint density at radius 3 is 2.43 bits per heavy atom. The van der Waals surface area contributed by atoms with Crippen molar-refractivity contribution in [2.75, 3.05) is 19.8 Å². The molecule has 1 atom stereocenters. The molecule has 148 valence electrons. The lowest BCUT2D eigenvalue weighted by molar-refractivity contribution is 0.339. The summed E-state index contributed by atoms with van der Waals surface area (Å²) in [6.07, 6.45) is 1.02. The van der Waals surface area contributed by atoms with E-state index in [2.05, 4.69) is 54.5 Å².